The molecule has 0 radical (unpaired) electrons. The van der Waals surface area contributed by atoms with Gasteiger partial charge in [-0.15, -0.1) is 12.4 Å². The van der Waals surface area contributed by atoms with E-state index in [1.807, 2.05) is 13.8 Å². The number of amides is 1. The van der Waals surface area contributed by atoms with E-state index in [0.29, 0.717) is 19.4 Å². The van der Waals surface area contributed by atoms with E-state index in [2.05, 4.69) is 10.5 Å². The van der Waals surface area contributed by atoms with Gasteiger partial charge in [0.25, 0.3) is 0 Å². The summed E-state index contributed by atoms with van der Waals surface area (Å²) in [7, 11) is 0. The fourth-order valence-corrected chi connectivity index (χ4v) is 2.74. The molecule has 3 atom stereocenters. The third kappa shape index (κ3) is 4.43. The zero-order chi connectivity index (χ0) is 14.7. The molecule has 4 N–H and O–H groups in total. The molecule has 1 saturated carbocycles. The highest BCUT2D eigenvalue weighted by Crippen LogP contribution is 2.24. The predicted molar refractivity (Wildman–Crippen MR) is 81.3 cm³/mol. The number of nitrogens with zero attached hydrogens (tertiary/aromatic N) is 1. The number of nitrogens with one attached hydrogen (secondary N) is 1. The van der Waals surface area contributed by atoms with Gasteiger partial charge in [-0.25, -0.2) is 0 Å². The molecular weight excluding hydrogens is 294 g/mol. The lowest BCUT2D eigenvalue weighted by Gasteiger charge is -2.10. The first kappa shape index (κ1) is 17.9. The molecule has 1 aliphatic carbocycles. The van der Waals surface area contributed by atoms with Gasteiger partial charge in [-0.05, 0) is 39.5 Å². The van der Waals surface area contributed by atoms with E-state index in [1.54, 1.807) is 0 Å². The van der Waals surface area contributed by atoms with Gasteiger partial charge in [-0.1, -0.05) is 5.16 Å². The van der Waals surface area contributed by atoms with Gasteiger partial charge in [0.1, 0.15) is 5.76 Å². The molecule has 1 aliphatic rings. The van der Waals surface area contributed by atoms with Crippen molar-refractivity contribution in [2.24, 2.45) is 11.7 Å². The summed E-state index contributed by atoms with van der Waals surface area (Å²) in [5, 5.41) is 16.4. The average Bonchev–Trinajstić information content (AvgIpc) is 2.90. The van der Waals surface area contributed by atoms with Crippen molar-refractivity contribution in [1.82, 2.24) is 10.5 Å². The maximum absolute atomic E-state index is 11.9. The summed E-state index contributed by atoms with van der Waals surface area (Å²) in [4.78, 5) is 11.9. The van der Waals surface area contributed by atoms with Gasteiger partial charge in [0.15, 0.2) is 0 Å². The van der Waals surface area contributed by atoms with Crippen LogP contribution in [0.5, 0.6) is 0 Å². The van der Waals surface area contributed by atoms with Crippen LogP contribution in [-0.4, -0.2) is 34.9 Å². The Balaban J connectivity index is 0.00000220. The van der Waals surface area contributed by atoms with Crippen LogP contribution in [-0.2, 0) is 11.2 Å². The van der Waals surface area contributed by atoms with E-state index in [-0.39, 0.29) is 30.3 Å². The number of aliphatic hydroxyl groups is 1. The quantitative estimate of drug-likeness (QED) is 0.699. The molecule has 1 aromatic rings. The second-order valence-electron chi connectivity index (χ2n) is 5.60. The molecule has 0 bridgehead atoms. The molecule has 120 valence electrons. The largest absolute Gasteiger partial charge is 0.391 e. The molecule has 0 spiro atoms. The van der Waals surface area contributed by atoms with Crippen molar-refractivity contribution in [3.8, 4) is 0 Å². The van der Waals surface area contributed by atoms with Crippen molar-refractivity contribution in [2.45, 2.75) is 51.7 Å². The molecule has 1 amide bonds. The highest BCUT2D eigenvalue weighted by Gasteiger charge is 2.34. The minimum atomic E-state index is -0.548. The Kier molecular flexibility index (Phi) is 6.64. The molecule has 2 rings (SSSR count). The zero-order valence-electron chi connectivity index (χ0n) is 12.5. The van der Waals surface area contributed by atoms with Crippen LogP contribution >= 0.6 is 12.4 Å². The Morgan fingerprint density at radius 3 is 2.71 bits per heavy atom. The first-order valence-electron chi connectivity index (χ1n) is 7.12. The van der Waals surface area contributed by atoms with Crippen LogP contribution in [0.4, 0.5) is 0 Å². The Hall–Kier alpha value is -1.11. The SMILES string of the molecule is Cc1noc(C)c1CCCNC(=O)[C@H]1C[C@H](N)[C@@H](O)C1.Cl. The molecule has 0 aromatic carbocycles. The molecule has 0 unspecified atom stereocenters. The Labute approximate surface area is 130 Å². The maximum atomic E-state index is 11.9. The predicted octanol–water partition coefficient (Wildman–Crippen LogP) is 0.860. The third-order valence-electron chi connectivity index (χ3n) is 4.03. The van der Waals surface area contributed by atoms with Gasteiger partial charge >= 0.3 is 0 Å². The first-order valence-corrected chi connectivity index (χ1v) is 7.12. The maximum Gasteiger partial charge on any atom is 0.223 e. The van der Waals surface area contributed by atoms with Crippen molar-refractivity contribution in [3.63, 3.8) is 0 Å². The van der Waals surface area contributed by atoms with Gasteiger partial charge in [0.2, 0.25) is 5.91 Å². The molecule has 7 heteroatoms. The number of hydrogen-bond donors (Lipinski definition) is 3. The van der Waals surface area contributed by atoms with Crippen LogP contribution in [0, 0.1) is 19.8 Å². The molecular formula is C14H24ClN3O3. The summed E-state index contributed by atoms with van der Waals surface area (Å²) in [6.07, 6.45) is 2.17. The monoisotopic (exact) mass is 317 g/mol. The van der Waals surface area contributed by atoms with E-state index in [0.717, 1.165) is 29.9 Å². The fourth-order valence-electron chi connectivity index (χ4n) is 2.74. The highest BCUT2D eigenvalue weighted by atomic mass is 35.5. The Morgan fingerprint density at radius 1 is 1.48 bits per heavy atom. The topological polar surface area (TPSA) is 101 Å². The minimum absolute atomic E-state index is 0. The Morgan fingerprint density at radius 2 is 2.19 bits per heavy atom. The van der Waals surface area contributed by atoms with Crippen LogP contribution in [0.3, 0.4) is 0 Å². The van der Waals surface area contributed by atoms with Crippen LogP contribution in [0.25, 0.3) is 0 Å². The van der Waals surface area contributed by atoms with Gasteiger partial charge < -0.3 is 20.7 Å². The van der Waals surface area contributed by atoms with Crippen molar-refractivity contribution in [3.05, 3.63) is 17.0 Å². The summed E-state index contributed by atoms with van der Waals surface area (Å²) < 4.78 is 5.10. The number of halogens is 1. The van der Waals surface area contributed by atoms with Crippen LogP contribution in [0.2, 0.25) is 0 Å². The number of aliphatic hydroxyl groups excluding tert-OH is 1. The molecule has 21 heavy (non-hydrogen) atoms. The normalized spacial score (nSPS) is 24.7. The minimum Gasteiger partial charge on any atom is -0.391 e. The molecule has 1 aromatic heterocycles. The number of rotatable bonds is 5. The summed E-state index contributed by atoms with van der Waals surface area (Å²) in [5.41, 5.74) is 7.75. The molecule has 0 aliphatic heterocycles. The molecule has 0 saturated heterocycles. The van der Waals surface area contributed by atoms with Crippen LogP contribution in [0.1, 0.15) is 36.3 Å². The van der Waals surface area contributed by atoms with E-state index < -0.39 is 6.10 Å². The van der Waals surface area contributed by atoms with E-state index in [9.17, 15) is 9.90 Å². The number of nitrogens with two attached hydrogens (primary N) is 1. The molecule has 6 nitrogen and oxygen atoms in total. The highest BCUT2D eigenvalue weighted by molar-refractivity contribution is 5.85. The molecule has 1 fully saturated rings. The Bertz CT molecular complexity index is 449. The lowest BCUT2D eigenvalue weighted by atomic mass is 10.1. The van der Waals surface area contributed by atoms with Gasteiger partial charge in [0.05, 0.1) is 11.8 Å². The van der Waals surface area contributed by atoms with Gasteiger partial charge in [-0.3, -0.25) is 4.79 Å². The summed E-state index contributed by atoms with van der Waals surface area (Å²) >= 11 is 0. The van der Waals surface area contributed by atoms with Crippen molar-refractivity contribution < 1.29 is 14.4 Å². The van der Waals surface area contributed by atoms with Crippen molar-refractivity contribution in [1.29, 1.82) is 0 Å². The zero-order valence-corrected chi connectivity index (χ0v) is 13.3. The number of carbonyl (C=O) groups is 1. The second kappa shape index (κ2) is 7.77. The third-order valence-corrected chi connectivity index (χ3v) is 4.03. The van der Waals surface area contributed by atoms with Gasteiger partial charge in [-0.2, -0.15) is 0 Å². The number of carbonyl (C=O) groups excluding carboxylic acids is 1. The average molecular weight is 318 g/mol. The summed E-state index contributed by atoms with van der Waals surface area (Å²) in [6.45, 7) is 4.44. The van der Waals surface area contributed by atoms with E-state index in [1.165, 1.54) is 0 Å². The van der Waals surface area contributed by atoms with Crippen molar-refractivity contribution >= 4 is 18.3 Å². The standard InChI is InChI=1S/C14H23N3O3.ClH/c1-8-11(9(2)20-17-8)4-3-5-16-14(19)10-6-12(15)13(18)7-10;/h10,12-13,18H,3-7,15H2,1-2H3,(H,16,19);1H/t10-,12-,13-;/m0./s1. The molecule has 1 heterocycles. The van der Waals surface area contributed by atoms with Crippen LogP contribution < -0.4 is 11.1 Å². The number of hydrogen-bond acceptors (Lipinski definition) is 5. The second-order valence-corrected chi connectivity index (χ2v) is 5.60. The summed E-state index contributed by atoms with van der Waals surface area (Å²) in [6, 6.07) is -0.270. The number of aryl methyl sites for hydroxylation is 2. The fraction of sp³-hybridized carbons (Fsp3) is 0.714. The van der Waals surface area contributed by atoms with Gasteiger partial charge in [0, 0.05) is 24.1 Å². The van der Waals surface area contributed by atoms with Crippen LogP contribution in [0.15, 0.2) is 4.52 Å². The van der Waals surface area contributed by atoms with Crippen molar-refractivity contribution in [2.75, 3.05) is 6.54 Å². The van der Waals surface area contributed by atoms with E-state index >= 15 is 0 Å². The smallest absolute Gasteiger partial charge is 0.223 e. The van der Waals surface area contributed by atoms with E-state index in [4.69, 9.17) is 10.3 Å². The first-order chi connectivity index (χ1) is 9.49. The lowest BCUT2D eigenvalue weighted by Crippen LogP contribution is -2.31. The summed E-state index contributed by atoms with van der Waals surface area (Å²) in [5.74, 6) is 0.688. The number of aromatic nitrogens is 1. The lowest BCUT2D eigenvalue weighted by molar-refractivity contribution is -0.125.